The molecule has 23 heavy (non-hydrogen) atoms. The average Bonchev–Trinajstić information content (AvgIpc) is 2.62. The van der Waals surface area contributed by atoms with Crippen LogP contribution in [0.3, 0.4) is 0 Å². The van der Waals surface area contributed by atoms with Crippen LogP contribution in [0.2, 0.25) is 0 Å². The van der Waals surface area contributed by atoms with E-state index in [0.717, 1.165) is 30.4 Å². The van der Waals surface area contributed by atoms with Gasteiger partial charge in [-0.2, -0.15) is 0 Å². The Kier molecular flexibility index (Phi) is 5.40. The number of hydrogen-bond donors (Lipinski definition) is 0. The van der Waals surface area contributed by atoms with E-state index >= 15 is 0 Å². The quantitative estimate of drug-likeness (QED) is 0.706. The molecule has 2 aliphatic rings. The molecule has 1 aromatic rings. The van der Waals surface area contributed by atoms with Gasteiger partial charge in [-0.15, -0.1) is 0 Å². The molecule has 0 heterocycles. The fourth-order valence-electron chi connectivity index (χ4n) is 4.77. The summed E-state index contributed by atoms with van der Waals surface area (Å²) in [6.45, 7) is 2.11. The highest BCUT2D eigenvalue weighted by molar-refractivity contribution is 5.53. The lowest BCUT2D eigenvalue weighted by molar-refractivity contribution is -0.112. The van der Waals surface area contributed by atoms with Crippen LogP contribution >= 0.6 is 0 Å². The Balaban J connectivity index is 1.55. The van der Waals surface area contributed by atoms with Crippen LogP contribution in [0, 0.1) is 24.7 Å². The van der Waals surface area contributed by atoms with Gasteiger partial charge in [-0.1, -0.05) is 12.1 Å². The van der Waals surface area contributed by atoms with Crippen molar-refractivity contribution in [2.24, 2.45) is 17.8 Å². The van der Waals surface area contributed by atoms with Crippen LogP contribution in [0.4, 0.5) is 0 Å². The number of methoxy groups -OCH3 is 1. The fraction of sp³-hybridized carbons (Fsp3) is 0.667. The molecule has 2 heteroatoms. The summed E-state index contributed by atoms with van der Waals surface area (Å²) in [5.74, 6) is 3.84. The van der Waals surface area contributed by atoms with Crippen molar-refractivity contribution >= 4 is 6.29 Å². The molecular formula is C21H30O2. The number of ether oxygens (including phenoxy) is 1. The SMILES string of the molecule is COc1cc(C2CCC(C3CCC(C=O)CC3)CC2)ccc1C. The molecule has 0 radical (unpaired) electrons. The van der Waals surface area contributed by atoms with Gasteiger partial charge >= 0.3 is 0 Å². The summed E-state index contributed by atoms with van der Waals surface area (Å²) in [5, 5.41) is 0. The Bertz CT molecular complexity index is 521. The second kappa shape index (κ2) is 7.51. The normalized spacial score (nSPS) is 31.6. The molecule has 0 aromatic heterocycles. The number of aryl methyl sites for hydroxylation is 1. The molecule has 0 spiro atoms. The maximum atomic E-state index is 10.9. The number of aldehydes is 1. The van der Waals surface area contributed by atoms with Gasteiger partial charge in [0.25, 0.3) is 0 Å². The van der Waals surface area contributed by atoms with Crippen LogP contribution in [0.5, 0.6) is 5.75 Å². The van der Waals surface area contributed by atoms with Crippen molar-refractivity contribution < 1.29 is 9.53 Å². The third-order valence-electron chi connectivity index (χ3n) is 6.35. The van der Waals surface area contributed by atoms with Crippen molar-refractivity contribution in [2.45, 2.75) is 64.2 Å². The van der Waals surface area contributed by atoms with Crippen molar-refractivity contribution in [1.29, 1.82) is 0 Å². The van der Waals surface area contributed by atoms with Gasteiger partial charge in [-0.25, -0.2) is 0 Å². The second-order valence-corrected chi connectivity index (χ2v) is 7.65. The highest BCUT2D eigenvalue weighted by Crippen LogP contribution is 2.44. The lowest BCUT2D eigenvalue weighted by Gasteiger charge is -2.37. The largest absolute Gasteiger partial charge is 0.496 e. The Morgan fingerprint density at radius 2 is 1.57 bits per heavy atom. The van der Waals surface area contributed by atoms with Gasteiger partial charge in [0.05, 0.1) is 7.11 Å². The van der Waals surface area contributed by atoms with Gasteiger partial charge in [0.15, 0.2) is 0 Å². The first kappa shape index (κ1) is 16.5. The molecule has 2 saturated carbocycles. The molecule has 2 aliphatic carbocycles. The molecular weight excluding hydrogens is 284 g/mol. The number of rotatable bonds is 4. The first-order chi connectivity index (χ1) is 11.2. The van der Waals surface area contributed by atoms with Crippen LogP contribution in [0.15, 0.2) is 18.2 Å². The topological polar surface area (TPSA) is 26.3 Å². The number of benzene rings is 1. The van der Waals surface area contributed by atoms with Crippen molar-refractivity contribution in [2.75, 3.05) is 7.11 Å². The highest BCUT2D eigenvalue weighted by Gasteiger charge is 2.31. The van der Waals surface area contributed by atoms with E-state index in [-0.39, 0.29) is 0 Å². The fourth-order valence-corrected chi connectivity index (χ4v) is 4.77. The summed E-state index contributed by atoms with van der Waals surface area (Å²) < 4.78 is 5.48. The Morgan fingerprint density at radius 3 is 2.13 bits per heavy atom. The first-order valence-corrected chi connectivity index (χ1v) is 9.31. The molecule has 0 amide bonds. The third kappa shape index (κ3) is 3.79. The molecule has 0 N–H and O–H groups in total. The van der Waals surface area contributed by atoms with E-state index in [1.54, 1.807) is 7.11 Å². The zero-order chi connectivity index (χ0) is 16.2. The van der Waals surface area contributed by atoms with Gasteiger partial charge in [-0.3, -0.25) is 0 Å². The van der Waals surface area contributed by atoms with E-state index in [1.165, 1.54) is 55.9 Å². The van der Waals surface area contributed by atoms with E-state index in [0.29, 0.717) is 11.8 Å². The monoisotopic (exact) mass is 314 g/mol. The van der Waals surface area contributed by atoms with E-state index < -0.39 is 0 Å². The predicted octanol–water partition coefficient (Wildman–Crippen LogP) is 5.28. The molecule has 2 fully saturated rings. The van der Waals surface area contributed by atoms with E-state index in [9.17, 15) is 4.79 Å². The van der Waals surface area contributed by atoms with E-state index in [1.807, 2.05) is 0 Å². The van der Waals surface area contributed by atoms with Crippen LogP contribution in [-0.4, -0.2) is 13.4 Å². The van der Waals surface area contributed by atoms with Gasteiger partial charge < -0.3 is 9.53 Å². The predicted molar refractivity (Wildman–Crippen MR) is 93.9 cm³/mol. The average molecular weight is 314 g/mol. The van der Waals surface area contributed by atoms with E-state index in [2.05, 4.69) is 25.1 Å². The zero-order valence-electron chi connectivity index (χ0n) is 14.6. The summed E-state index contributed by atoms with van der Waals surface area (Å²) in [6.07, 6.45) is 11.3. The Morgan fingerprint density at radius 1 is 0.957 bits per heavy atom. The Hall–Kier alpha value is -1.31. The summed E-state index contributed by atoms with van der Waals surface area (Å²) in [6, 6.07) is 6.73. The van der Waals surface area contributed by atoms with Crippen molar-refractivity contribution in [3.05, 3.63) is 29.3 Å². The van der Waals surface area contributed by atoms with Gasteiger partial charge in [0.2, 0.25) is 0 Å². The summed E-state index contributed by atoms with van der Waals surface area (Å²) in [4.78, 5) is 10.9. The van der Waals surface area contributed by atoms with Crippen molar-refractivity contribution in [3.63, 3.8) is 0 Å². The minimum Gasteiger partial charge on any atom is -0.496 e. The molecule has 1 aromatic carbocycles. The molecule has 2 nitrogen and oxygen atoms in total. The minimum absolute atomic E-state index is 0.350. The summed E-state index contributed by atoms with van der Waals surface area (Å²) >= 11 is 0. The van der Waals surface area contributed by atoms with E-state index in [4.69, 9.17) is 4.74 Å². The van der Waals surface area contributed by atoms with Crippen LogP contribution in [0.1, 0.15) is 68.4 Å². The van der Waals surface area contributed by atoms with Crippen molar-refractivity contribution in [3.8, 4) is 5.75 Å². The first-order valence-electron chi connectivity index (χ1n) is 9.31. The molecule has 0 bridgehead atoms. The summed E-state index contributed by atoms with van der Waals surface area (Å²) in [7, 11) is 1.76. The van der Waals surface area contributed by atoms with Gasteiger partial charge in [-0.05, 0) is 93.2 Å². The molecule has 0 unspecified atom stereocenters. The van der Waals surface area contributed by atoms with Crippen LogP contribution in [0.25, 0.3) is 0 Å². The number of carbonyl (C=O) groups excluding carboxylic acids is 1. The maximum Gasteiger partial charge on any atom is 0.123 e. The highest BCUT2D eigenvalue weighted by atomic mass is 16.5. The van der Waals surface area contributed by atoms with Crippen LogP contribution < -0.4 is 4.74 Å². The molecule has 0 aliphatic heterocycles. The van der Waals surface area contributed by atoms with Gasteiger partial charge in [0.1, 0.15) is 12.0 Å². The standard InChI is InChI=1S/C21H30O2/c1-15-3-6-20(13-21(15)23-2)19-11-9-18(10-12-19)17-7-4-16(14-22)5-8-17/h3,6,13-14,16-19H,4-5,7-12H2,1-2H3. The lowest BCUT2D eigenvalue weighted by Crippen LogP contribution is -2.25. The minimum atomic E-state index is 0.350. The molecule has 0 atom stereocenters. The number of carbonyl (C=O) groups is 1. The zero-order valence-corrected chi connectivity index (χ0v) is 14.6. The van der Waals surface area contributed by atoms with Crippen LogP contribution in [-0.2, 0) is 4.79 Å². The lowest BCUT2D eigenvalue weighted by atomic mass is 9.68. The van der Waals surface area contributed by atoms with Crippen molar-refractivity contribution in [1.82, 2.24) is 0 Å². The second-order valence-electron chi connectivity index (χ2n) is 7.65. The molecule has 0 saturated heterocycles. The summed E-state index contributed by atoms with van der Waals surface area (Å²) in [5.41, 5.74) is 2.67. The maximum absolute atomic E-state index is 10.9. The Labute approximate surface area is 140 Å². The third-order valence-corrected chi connectivity index (χ3v) is 6.35. The smallest absolute Gasteiger partial charge is 0.123 e. The molecule has 126 valence electrons. The molecule has 3 rings (SSSR count). The van der Waals surface area contributed by atoms with Gasteiger partial charge in [0, 0.05) is 5.92 Å². The number of hydrogen-bond acceptors (Lipinski definition) is 2.